The van der Waals surface area contributed by atoms with E-state index in [0.29, 0.717) is 16.6 Å². The number of carbonyl (C=O) groups excluding carboxylic acids is 1. The molecule has 2 rings (SSSR count). The van der Waals surface area contributed by atoms with Crippen molar-refractivity contribution in [1.82, 2.24) is 4.90 Å². The normalized spacial score (nSPS) is 10.5. The van der Waals surface area contributed by atoms with Crippen LogP contribution in [-0.2, 0) is 6.54 Å². The molecule has 0 radical (unpaired) electrons. The highest BCUT2D eigenvalue weighted by atomic mass is 79.9. The zero-order chi connectivity index (χ0) is 15.4. The van der Waals surface area contributed by atoms with E-state index in [-0.39, 0.29) is 17.9 Å². The zero-order valence-electron chi connectivity index (χ0n) is 11.4. The number of rotatable bonds is 4. The molecule has 0 saturated carbocycles. The van der Waals surface area contributed by atoms with E-state index in [1.807, 2.05) is 0 Å². The van der Waals surface area contributed by atoms with Crippen LogP contribution in [0.1, 0.15) is 22.8 Å². The van der Waals surface area contributed by atoms with Gasteiger partial charge in [-0.05, 0) is 42.8 Å². The van der Waals surface area contributed by atoms with Crippen LogP contribution in [0.5, 0.6) is 0 Å². The second-order valence-corrected chi connectivity index (χ2v) is 5.49. The van der Waals surface area contributed by atoms with Gasteiger partial charge < -0.3 is 4.90 Å². The third-order valence-electron chi connectivity index (χ3n) is 3.09. The van der Waals surface area contributed by atoms with Gasteiger partial charge in [-0.2, -0.15) is 0 Å². The van der Waals surface area contributed by atoms with E-state index in [0.717, 1.165) is 0 Å². The molecule has 0 aromatic heterocycles. The molecule has 1 amide bonds. The second kappa shape index (κ2) is 6.80. The maximum Gasteiger partial charge on any atom is 0.257 e. The Morgan fingerprint density at radius 2 is 1.95 bits per heavy atom. The molecule has 0 fully saturated rings. The van der Waals surface area contributed by atoms with E-state index in [2.05, 4.69) is 15.9 Å². The van der Waals surface area contributed by atoms with Gasteiger partial charge in [0.1, 0.15) is 11.6 Å². The summed E-state index contributed by atoms with van der Waals surface area (Å²) in [6, 6.07) is 10.3. The molecule has 2 nitrogen and oxygen atoms in total. The average Bonchev–Trinajstić information content (AvgIpc) is 2.46. The lowest BCUT2D eigenvalue weighted by Gasteiger charge is -2.21. The van der Waals surface area contributed by atoms with Crippen LogP contribution in [0, 0.1) is 11.6 Å². The molecule has 0 aliphatic heterocycles. The Morgan fingerprint density at radius 3 is 2.62 bits per heavy atom. The number of nitrogens with zero attached hydrogens (tertiary/aromatic N) is 1. The molecular formula is C16H14BrF2NO. The van der Waals surface area contributed by atoms with Crippen LogP contribution in [0.4, 0.5) is 8.78 Å². The van der Waals surface area contributed by atoms with Crippen molar-refractivity contribution in [3.63, 3.8) is 0 Å². The number of halogens is 3. The Morgan fingerprint density at radius 1 is 1.19 bits per heavy atom. The van der Waals surface area contributed by atoms with Crippen molar-refractivity contribution in [3.8, 4) is 0 Å². The second-order valence-electron chi connectivity index (χ2n) is 4.57. The highest BCUT2D eigenvalue weighted by Gasteiger charge is 2.18. The molecule has 0 heterocycles. The number of hydrogen-bond acceptors (Lipinski definition) is 1. The topological polar surface area (TPSA) is 20.3 Å². The molecule has 2 aromatic rings. The van der Waals surface area contributed by atoms with Gasteiger partial charge >= 0.3 is 0 Å². The summed E-state index contributed by atoms with van der Waals surface area (Å²) in [6.07, 6.45) is 0. The quantitative estimate of drug-likeness (QED) is 0.798. The average molecular weight is 354 g/mol. The van der Waals surface area contributed by atoms with Gasteiger partial charge in [0.2, 0.25) is 0 Å². The van der Waals surface area contributed by atoms with Gasteiger partial charge in [0.25, 0.3) is 5.91 Å². The molecule has 0 atom stereocenters. The van der Waals surface area contributed by atoms with Crippen molar-refractivity contribution >= 4 is 21.8 Å². The van der Waals surface area contributed by atoms with Crippen LogP contribution >= 0.6 is 15.9 Å². The number of carbonyl (C=O) groups is 1. The largest absolute Gasteiger partial charge is 0.335 e. The Labute approximate surface area is 130 Å². The first-order chi connectivity index (χ1) is 10.0. The maximum absolute atomic E-state index is 13.8. The molecule has 21 heavy (non-hydrogen) atoms. The highest BCUT2D eigenvalue weighted by Crippen LogP contribution is 2.18. The SMILES string of the molecule is CCN(Cc1cccc(F)c1)C(=O)c1cc(Br)ccc1F. The molecule has 0 aliphatic carbocycles. The van der Waals surface area contributed by atoms with Gasteiger partial charge in [-0.15, -0.1) is 0 Å². The molecule has 0 unspecified atom stereocenters. The van der Waals surface area contributed by atoms with Crippen molar-refractivity contribution in [2.45, 2.75) is 13.5 Å². The first-order valence-electron chi connectivity index (χ1n) is 6.50. The minimum atomic E-state index is -0.569. The lowest BCUT2D eigenvalue weighted by Crippen LogP contribution is -2.31. The van der Waals surface area contributed by atoms with E-state index in [9.17, 15) is 13.6 Å². The fourth-order valence-corrected chi connectivity index (χ4v) is 2.38. The van der Waals surface area contributed by atoms with Crippen LogP contribution < -0.4 is 0 Å². The molecule has 0 spiro atoms. The van der Waals surface area contributed by atoms with Crippen molar-refractivity contribution in [2.24, 2.45) is 0 Å². The van der Waals surface area contributed by atoms with E-state index in [1.165, 1.54) is 35.2 Å². The molecule has 0 N–H and O–H groups in total. The highest BCUT2D eigenvalue weighted by molar-refractivity contribution is 9.10. The van der Waals surface area contributed by atoms with Gasteiger partial charge in [-0.25, -0.2) is 8.78 Å². The van der Waals surface area contributed by atoms with E-state index >= 15 is 0 Å². The summed E-state index contributed by atoms with van der Waals surface area (Å²) in [7, 11) is 0. The fraction of sp³-hybridized carbons (Fsp3) is 0.188. The zero-order valence-corrected chi connectivity index (χ0v) is 13.0. The first kappa shape index (κ1) is 15.6. The lowest BCUT2D eigenvalue weighted by atomic mass is 10.1. The third-order valence-corrected chi connectivity index (χ3v) is 3.58. The molecule has 5 heteroatoms. The van der Waals surface area contributed by atoms with Crippen LogP contribution in [0.25, 0.3) is 0 Å². The molecule has 0 saturated heterocycles. The minimum absolute atomic E-state index is 0.00243. The van der Waals surface area contributed by atoms with E-state index in [4.69, 9.17) is 0 Å². The summed E-state index contributed by atoms with van der Waals surface area (Å²) in [6.45, 7) is 2.44. The standard InChI is InChI=1S/C16H14BrF2NO/c1-2-20(10-11-4-3-5-13(18)8-11)16(21)14-9-12(17)6-7-15(14)19/h3-9H,2,10H2,1H3. The summed E-state index contributed by atoms with van der Waals surface area (Å²) in [5, 5.41) is 0. The summed E-state index contributed by atoms with van der Waals surface area (Å²) in [5.74, 6) is -1.34. The summed E-state index contributed by atoms with van der Waals surface area (Å²) in [5.41, 5.74) is 0.670. The van der Waals surface area contributed by atoms with Crippen LogP contribution in [0.2, 0.25) is 0 Å². The molecular weight excluding hydrogens is 340 g/mol. The number of benzene rings is 2. The van der Waals surface area contributed by atoms with Gasteiger partial charge in [-0.3, -0.25) is 4.79 Å². The van der Waals surface area contributed by atoms with Crippen molar-refractivity contribution in [2.75, 3.05) is 6.54 Å². The molecule has 110 valence electrons. The number of hydrogen-bond donors (Lipinski definition) is 0. The van der Waals surface area contributed by atoms with Crippen LogP contribution in [0.3, 0.4) is 0 Å². The van der Waals surface area contributed by atoms with Gasteiger partial charge in [0, 0.05) is 17.6 Å². The van der Waals surface area contributed by atoms with Crippen molar-refractivity contribution in [3.05, 3.63) is 69.7 Å². The molecule has 0 aliphatic rings. The number of amides is 1. The summed E-state index contributed by atoms with van der Waals surface area (Å²) >= 11 is 3.23. The Kier molecular flexibility index (Phi) is 5.07. The summed E-state index contributed by atoms with van der Waals surface area (Å²) < 4.78 is 27.6. The Bertz CT molecular complexity index is 660. The predicted octanol–water partition coefficient (Wildman–Crippen LogP) is 4.39. The summed E-state index contributed by atoms with van der Waals surface area (Å²) in [4.78, 5) is 13.9. The molecule has 0 bridgehead atoms. The van der Waals surface area contributed by atoms with Crippen molar-refractivity contribution in [1.29, 1.82) is 0 Å². The Hall–Kier alpha value is -1.75. The van der Waals surface area contributed by atoms with E-state index in [1.54, 1.807) is 19.1 Å². The lowest BCUT2D eigenvalue weighted by molar-refractivity contribution is 0.0747. The monoisotopic (exact) mass is 353 g/mol. The first-order valence-corrected chi connectivity index (χ1v) is 7.29. The van der Waals surface area contributed by atoms with E-state index < -0.39 is 11.7 Å². The predicted molar refractivity (Wildman–Crippen MR) is 80.9 cm³/mol. The van der Waals surface area contributed by atoms with Crippen molar-refractivity contribution < 1.29 is 13.6 Å². The van der Waals surface area contributed by atoms with Gasteiger partial charge in [0.15, 0.2) is 0 Å². The maximum atomic E-state index is 13.8. The van der Waals surface area contributed by atoms with Gasteiger partial charge in [0.05, 0.1) is 5.56 Å². The fourth-order valence-electron chi connectivity index (χ4n) is 2.01. The minimum Gasteiger partial charge on any atom is -0.335 e. The third kappa shape index (κ3) is 3.88. The smallest absolute Gasteiger partial charge is 0.257 e. The van der Waals surface area contributed by atoms with Gasteiger partial charge in [-0.1, -0.05) is 28.1 Å². The molecule has 2 aromatic carbocycles. The van der Waals surface area contributed by atoms with Crippen LogP contribution in [-0.4, -0.2) is 17.4 Å². The van der Waals surface area contributed by atoms with Crippen LogP contribution in [0.15, 0.2) is 46.9 Å². The Balaban J connectivity index is 2.24.